The first kappa shape index (κ1) is 25.3. The number of halogens is 3. The molecule has 3 heterocycles. The van der Waals surface area contributed by atoms with E-state index < -0.39 is 0 Å². The monoisotopic (exact) mass is 563 g/mol. The highest BCUT2D eigenvalue weighted by Crippen LogP contribution is 2.32. The minimum Gasteiger partial charge on any atom is -0.375 e. The molecule has 10 heteroatoms. The number of aromatic nitrogens is 1. The fraction of sp³-hybridized carbons (Fsp3) is 0.733. The van der Waals surface area contributed by atoms with Gasteiger partial charge in [-0.15, -0.1) is 62.3 Å². The van der Waals surface area contributed by atoms with Crippen molar-refractivity contribution in [2.45, 2.75) is 31.8 Å². The first-order valence-electron chi connectivity index (χ1n) is 7.95. The molecule has 2 saturated heterocycles. The Morgan fingerprint density at radius 3 is 2.36 bits per heavy atom. The lowest BCUT2D eigenvalue weighted by Crippen LogP contribution is -2.55. The zero-order valence-electron chi connectivity index (χ0n) is 14.6. The van der Waals surface area contributed by atoms with Crippen molar-refractivity contribution in [2.75, 3.05) is 45.5 Å². The fourth-order valence-electron chi connectivity index (χ4n) is 3.56. The zero-order chi connectivity index (χ0) is 15.7. The van der Waals surface area contributed by atoms with Crippen LogP contribution in [0.4, 0.5) is 5.13 Å². The number of piperidine rings is 1. The molecule has 1 unspecified atom stereocenters. The highest BCUT2D eigenvalue weighted by atomic mass is 79.9. The van der Waals surface area contributed by atoms with Crippen LogP contribution in [0, 0.1) is 0 Å². The van der Waals surface area contributed by atoms with E-state index in [0.29, 0.717) is 11.2 Å². The molecular formula is C15H28Br3N5OS. The summed E-state index contributed by atoms with van der Waals surface area (Å²) in [7, 11) is 2.18. The van der Waals surface area contributed by atoms with Gasteiger partial charge in [-0.1, -0.05) is 0 Å². The van der Waals surface area contributed by atoms with E-state index in [-0.39, 0.29) is 62.9 Å². The number of piperazine rings is 1. The Morgan fingerprint density at radius 2 is 1.84 bits per heavy atom. The number of thiazole rings is 1. The average molecular weight is 566 g/mol. The fourth-order valence-corrected chi connectivity index (χ4v) is 4.17. The number of carbonyl (C=O) groups is 1. The molecular weight excluding hydrogens is 538 g/mol. The smallest absolute Gasteiger partial charge is 0.219 e. The van der Waals surface area contributed by atoms with Gasteiger partial charge in [0.1, 0.15) is 0 Å². The van der Waals surface area contributed by atoms with Gasteiger partial charge in [0, 0.05) is 38.0 Å². The van der Waals surface area contributed by atoms with Gasteiger partial charge in [0.2, 0.25) is 5.91 Å². The number of carbonyl (C=O) groups excluding carboxylic acids is 1. The highest BCUT2D eigenvalue weighted by molar-refractivity contribution is 8.93. The summed E-state index contributed by atoms with van der Waals surface area (Å²) in [6.07, 6.45) is 2.37. The summed E-state index contributed by atoms with van der Waals surface area (Å²) in [5, 5.41) is 2.66. The number of hydrogen-bond donors (Lipinski definition) is 1. The predicted molar refractivity (Wildman–Crippen MR) is 120 cm³/mol. The molecule has 0 aliphatic carbocycles. The van der Waals surface area contributed by atoms with Crippen LogP contribution < -0.4 is 5.73 Å². The van der Waals surface area contributed by atoms with Crippen LogP contribution in [0.3, 0.4) is 0 Å². The third-order valence-electron chi connectivity index (χ3n) is 4.91. The number of hydrogen-bond acceptors (Lipinski definition) is 6. The van der Waals surface area contributed by atoms with E-state index >= 15 is 0 Å². The second kappa shape index (κ2) is 11.2. The Bertz CT molecular complexity index is 539. The number of anilines is 1. The Labute approximate surface area is 185 Å². The van der Waals surface area contributed by atoms with Crippen molar-refractivity contribution < 1.29 is 4.79 Å². The van der Waals surface area contributed by atoms with Crippen LogP contribution in [0.1, 0.15) is 31.5 Å². The van der Waals surface area contributed by atoms with Gasteiger partial charge in [-0.2, -0.15) is 0 Å². The predicted octanol–water partition coefficient (Wildman–Crippen LogP) is 2.76. The van der Waals surface area contributed by atoms with E-state index in [1.54, 1.807) is 6.92 Å². The van der Waals surface area contributed by atoms with Crippen LogP contribution in [0.15, 0.2) is 5.38 Å². The van der Waals surface area contributed by atoms with E-state index in [0.717, 1.165) is 38.4 Å². The van der Waals surface area contributed by atoms with Gasteiger partial charge in [-0.25, -0.2) is 4.98 Å². The Hall–Kier alpha value is 0.260. The first-order chi connectivity index (χ1) is 10.5. The molecule has 2 aliphatic heterocycles. The number of rotatable bonds is 2. The molecule has 0 bridgehead atoms. The first-order valence-corrected chi connectivity index (χ1v) is 8.83. The highest BCUT2D eigenvalue weighted by Gasteiger charge is 2.36. The second-order valence-electron chi connectivity index (χ2n) is 6.36. The molecule has 0 spiro atoms. The van der Waals surface area contributed by atoms with Crippen LogP contribution in [0.25, 0.3) is 0 Å². The molecule has 1 aromatic heterocycles. The number of amides is 1. The summed E-state index contributed by atoms with van der Waals surface area (Å²) in [6.45, 7) is 6.41. The lowest BCUT2D eigenvalue weighted by Gasteiger charge is -2.46. The van der Waals surface area contributed by atoms with E-state index in [9.17, 15) is 4.79 Å². The van der Waals surface area contributed by atoms with Crippen molar-refractivity contribution in [1.82, 2.24) is 19.7 Å². The SMILES string of the molecule is Br.Br.Br.CC(=O)N1CCN(C2CCN(C)CC2)C(c2csc(N)n2)C1. The molecule has 146 valence electrons. The molecule has 6 nitrogen and oxygen atoms in total. The molecule has 0 saturated carbocycles. The molecule has 2 aliphatic rings. The molecule has 1 atom stereocenters. The third-order valence-corrected chi connectivity index (χ3v) is 5.60. The van der Waals surface area contributed by atoms with E-state index in [4.69, 9.17) is 5.73 Å². The van der Waals surface area contributed by atoms with Gasteiger partial charge in [0.05, 0.1) is 11.7 Å². The van der Waals surface area contributed by atoms with E-state index in [2.05, 4.69) is 21.8 Å². The maximum Gasteiger partial charge on any atom is 0.219 e. The van der Waals surface area contributed by atoms with Crippen molar-refractivity contribution in [3.8, 4) is 0 Å². The lowest BCUT2D eigenvalue weighted by atomic mass is 9.98. The average Bonchev–Trinajstić information content (AvgIpc) is 2.94. The molecule has 0 radical (unpaired) electrons. The van der Waals surface area contributed by atoms with Crippen molar-refractivity contribution in [3.63, 3.8) is 0 Å². The van der Waals surface area contributed by atoms with Crippen molar-refractivity contribution in [3.05, 3.63) is 11.1 Å². The van der Waals surface area contributed by atoms with Crippen molar-refractivity contribution in [1.29, 1.82) is 0 Å². The van der Waals surface area contributed by atoms with Gasteiger partial charge in [-0.3, -0.25) is 9.69 Å². The van der Waals surface area contributed by atoms with Crippen LogP contribution in [-0.4, -0.2) is 71.4 Å². The second-order valence-corrected chi connectivity index (χ2v) is 7.25. The number of likely N-dealkylation sites (tertiary alicyclic amines) is 1. The number of nitrogens with two attached hydrogens (primary N) is 1. The van der Waals surface area contributed by atoms with Crippen LogP contribution in [0.5, 0.6) is 0 Å². The summed E-state index contributed by atoms with van der Waals surface area (Å²) in [5.41, 5.74) is 6.84. The Balaban J connectivity index is 0.00000192. The third kappa shape index (κ3) is 6.14. The van der Waals surface area contributed by atoms with Gasteiger partial charge in [0.25, 0.3) is 0 Å². The summed E-state index contributed by atoms with van der Waals surface area (Å²) in [6, 6.07) is 0.762. The minimum absolute atomic E-state index is 0. The molecule has 3 rings (SSSR count). The van der Waals surface area contributed by atoms with Gasteiger partial charge in [0.15, 0.2) is 5.13 Å². The van der Waals surface area contributed by atoms with Gasteiger partial charge in [-0.05, 0) is 33.0 Å². The van der Waals surface area contributed by atoms with Crippen molar-refractivity contribution in [2.24, 2.45) is 0 Å². The van der Waals surface area contributed by atoms with E-state index in [1.165, 1.54) is 24.2 Å². The summed E-state index contributed by atoms with van der Waals surface area (Å²) in [4.78, 5) is 23.1. The van der Waals surface area contributed by atoms with Gasteiger partial charge >= 0.3 is 0 Å². The summed E-state index contributed by atoms with van der Waals surface area (Å²) >= 11 is 1.49. The van der Waals surface area contributed by atoms with Crippen molar-refractivity contribution >= 4 is 73.3 Å². The lowest BCUT2D eigenvalue weighted by molar-refractivity contribution is -0.132. The Kier molecular flexibility index (Phi) is 11.3. The Morgan fingerprint density at radius 1 is 1.20 bits per heavy atom. The number of nitrogens with zero attached hydrogens (tertiary/aromatic N) is 4. The number of nitrogen functional groups attached to an aromatic ring is 1. The maximum absolute atomic E-state index is 11.8. The molecule has 2 N–H and O–H groups in total. The minimum atomic E-state index is 0. The molecule has 2 fully saturated rings. The summed E-state index contributed by atoms with van der Waals surface area (Å²) in [5.74, 6) is 0.149. The maximum atomic E-state index is 11.8. The quantitative estimate of drug-likeness (QED) is 0.597. The molecule has 25 heavy (non-hydrogen) atoms. The van der Waals surface area contributed by atoms with E-state index in [1.807, 2.05) is 10.3 Å². The van der Waals surface area contributed by atoms with Crippen LogP contribution in [0.2, 0.25) is 0 Å². The normalized spacial score (nSPS) is 22.5. The van der Waals surface area contributed by atoms with Crippen LogP contribution >= 0.6 is 62.3 Å². The topological polar surface area (TPSA) is 65.7 Å². The summed E-state index contributed by atoms with van der Waals surface area (Å²) < 4.78 is 0. The molecule has 0 aromatic carbocycles. The zero-order valence-corrected chi connectivity index (χ0v) is 20.5. The molecule has 1 amide bonds. The molecule has 1 aromatic rings. The van der Waals surface area contributed by atoms with Crippen LogP contribution in [-0.2, 0) is 4.79 Å². The van der Waals surface area contributed by atoms with Gasteiger partial charge < -0.3 is 15.5 Å². The standard InChI is InChI=1S/C15H25N5OS.3BrH/c1-11(21)19-7-8-20(12-3-5-18(2)6-4-12)14(9-19)13-10-22-15(16)17-13;;;/h10,12,14H,3-9H2,1-2H3,(H2,16,17);3*1H. The largest absolute Gasteiger partial charge is 0.375 e.